The molecule has 0 aromatic carbocycles. The molecule has 0 radical (unpaired) electrons. The van der Waals surface area contributed by atoms with E-state index in [1.165, 1.54) is 4.90 Å². The number of rotatable bonds is 5. The van der Waals surface area contributed by atoms with Crippen molar-refractivity contribution < 1.29 is 14.4 Å². The molecule has 3 amide bonds. The van der Waals surface area contributed by atoms with Crippen LogP contribution in [0.4, 0.5) is 0 Å². The van der Waals surface area contributed by atoms with Crippen LogP contribution in [-0.4, -0.2) is 58.6 Å². The van der Waals surface area contributed by atoms with Gasteiger partial charge in [-0.1, -0.05) is 12.2 Å². The number of fused-ring (bicyclic) bond motifs is 5. The van der Waals surface area contributed by atoms with E-state index in [0.717, 1.165) is 19.5 Å². The lowest BCUT2D eigenvalue weighted by molar-refractivity contribution is -0.141. The fourth-order valence-electron chi connectivity index (χ4n) is 5.55. The minimum atomic E-state index is -0.715. The number of likely N-dealkylation sites (tertiary alicyclic amines) is 1. The SMILES string of the molecule is Cl.O=C1C2C3C=CC(C3)C2C(=O)N1CCNC(=O)C1(n2cccn2)CCNCC1. The summed E-state index contributed by atoms with van der Waals surface area (Å²) in [7, 11) is 0. The first-order chi connectivity index (χ1) is 13.6. The second-order valence-corrected chi connectivity index (χ2v) is 8.32. The van der Waals surface area contributed by atoms with Crippen LogP contribution in [0.5, 0.6) is 0 Å². The van der Waals surface area contributed by atoms with Crippen molar-refractivity contribution >= 4 is 30.1 Å². The Kier molecular flexibility index (Phi) is 5.25. The number of imide groups is 1. The monoisotopic (exact) mass is 419 g/mol. The average Bonchev–Trinajstić information content (AvgIpc) is 3.49. The number of allylic oxidation sites excluding steroid dienone is 2. The lowest BCUT2D eigenvalue weighted by Crippen LogP contribution is -2.55. The van der Waals surface area contributed by atoms with E-state index >= 15 is 0 Å². The van der Waals surface area contributed by atoms with Crippen LogP contribution in [0.15, 0.2) is 30.6 Å². The van der Waals surface area contributed by atoms with Crippen LogP contribution >= 0.6 is 12.4 Å². The van der Waals surface area contributed by atoms with Crippen LogP contribution < -0.4 is 10.6 Å². The molecule has 156 valence electrons. The lowest BCUT2D eigenvalue weighted by atomic mass is 9.85. The zero-order valence-electron chi connectivity index (χ0n) is 16.1. The molecule has 4 unspecified atom stereocenters. The van der Waals surface area contributed by atoms with Crippen LogP contribution in [0.1, 0.15) is 19.3 Å². The largest absolute Gasteiger partial charge is 0.352 e. The molecule has 1 aromatic rings. The van der Waals surface area contributed by atoms with Gasteiger partial charge in [-0.25, -0.2) is 0 Å². The maximum atomic E-state index is 13.1. The fourth-order valence-corrected chi connectivity index (χ4v) is 5.55. The van der Waals surface area contributed by atoms with Crippen molar-refractivity contribution in [1.82, 2.24) is 25.3 Å². The second kappa shape index (κ2) is 7.57. The van der Waals surface area contributed by atoms with E-state index in [0.29, 0.717) is 12.8 Å². The first-order valence-electron chi connectivity index (χ1n) is 10.1. The minimum Gasteiger partial charge on any atom is -0.352 e. The number of aromatic nitrogens is 2. The van der Waals surface area contributed by atoms with Gasteiger partial charge in [-0.2, -0.15) is 5.10 Å². The van der Waals surface area contributed by atoms with Gasteiger partial charge in [0.2, 0.25) is 17.7 Å². The molecule has 9 heteroatoms. The molecule has 0 spiro atoms. The number of amides is 3. The number of carbonyl (C=O) groups excluding carboxylic acids is 3. The minimum absolute atomic E-state index is 0. The lowest BCUT2D eigenvalue weighted by Gasteiger charge is -2.36. The molecule has 1 aromatic heterocycles. The van der Waals surface area contributed by atoms with Gasteiger partial charge in [-0.15, -0.1) is 12.4 Å². The Hall–Kier alpha value is -2.19. The quantitative estimate of drug-likeness (QED) is 0.529. The van der Waals surface area contributed by atoms with E-state index in [9.17, 15) is 14.4 Å². The van der Waals surface area contributed by atoms with Crippen molar-refractivity contribution in [3.8, 4) is 0 Å². The van der Waals surface area contributed by atoms with Gasteiger partial charge in [0.15, 0.2) is 0 Å². The number of nitrogens with one attached hydrogen (secondary N) is 2. The third-order valence-corrected chi connectivity index (χ3v) is 6.98. The highest BCUT2D eigenvalue weighted by Crippen LogP contribution is 2.52. The average molecular weight is 420 g/mol. The van der Waals surface area contributed by atoms with E-state index in [2.05, 4.69) is 27.9 Å². The molecule has 2 aliphatic carbocycles. The van der Waals surface area contributed by atoms with Gasteiger partial charge in [0, 0.05) is 25.5 Å². The third kappa shape index (κ3) is 3.00. The Bertz CT molecular complexity index is 803. The number of halogens is 1. The summed E-state index contributed by atoms with van der Waals surface area (Å²) in [6.45, 7) is 2.00. The summed E-state index contributed by atoms with van der Waals surface area (Å²) in [4.78, 5) is 39.9. The molecular formula is C20H26ClN5O3. The molecule has 2 N–H and O–H groups in total. The molecule has 5 rings (SSSR count). The normalized spacial score (nSPS) is 31.7. The van der Waals surface area contributed by atoms with Crippen LogP contribution in [0.3, 0.4) is 0 Å². The molecule has 3 fully saturated rings. The van der Waals surface area contributed by atoms with Gasteiger partial charge in [0.1, 0.15) is 5.54 Å². The highest BCUT2D eigenvalue weighted by molar-refractivity contribution is 6.06. The molecule has 2 bridgehead atoms. The van der Waals surface area contributed by atoms with Gasteiger partial charge in [-0.05, 0) is 50.3 Å². The van der Waals surface area contributed by atoms with Crippen molar-refractivity contribution in [1.29, 1.82) is 0 Å². The first-order valence-corrected chi connectivity index (χ1v) is 10.1. The van der Waals surface area contributed by atoms with E-state index < -0.39 is 5.54 Å². The molecule has 1 saturated carbocycles. The number of nitrogens with zero attached hydrogens (tertiary/aromatic N) is 3. The highest BCUT2D eigenvalue weighted by atomic mass is 35.5. The molecule has 2 saturated heterocycles. The van der Waals surface area contributed by atoms with Crippen LogP contribution in [0, 0.1) is 23.7 Å². The van der Waals surface area contributed by atoms with E-state index in [1.54, 1.807) is 10.9 Å². The number of piperidine rings is 1. The van der Waals surface area contributed by atoms with Crippen molar-refractivity contribution in [3.63, 3.8) is 0 Å². The molecule has 4 aliphatic rings. The maximum Gasteiger partial charge on any atom is 0.248 e. The summed E-state index contributed by atoms with van der Waals surface area (Å²) >= 11 is 0. The summed E-state index contributed by atoms with van der Waals surface area (Å²) < 4.78 is 1.74. The summed E-state index contributed by atoms with van der Waals surface area (Å²) in [5.41, 5.74) is -0.715. The van der Waals surface area contributed by atoms with Crippen LogP contribution in [-0.2, 0) is 19.9 Å². The van der Waals surface area contributed by atoms with Crippen molar-refractivity contribution in [2.45, 2.75) is 24.8 Å². The summed E-state index contributed by atoms with van der Waals surface area (Å²) in [5.74, 6) is -0.169. The summed E-state index contributed by atoms with van der Waals surface area (Å²) in [6.07, 6.45) is 9.92. The van der Waals surface area contributed by atoms with Gasteiger partial charge < -0.3 is 10.6 Å². The fraction of sp³-hybridized carbons (Fsp3) is 0.600. The molecule has 4 atom stereocenters. The standard InChI is InChI=1S/C20H25N5O3.ClH/c26-17-15-13-2-3-14(12-13)16(15)18(27)24(17)11-9-22-19(28)20(4-7-21-8-5-20)25-10-1-6-23-25;/h1-3,6,10,13-16,21H,4-5,7-9,11-12H2,(H,22,28);1H. The Morgan fingerprint density at radius 1 is 1.17 bits per heavy atom. The Morgan fingerprint density at radius 2 is 1.83 bits per heavy atom. The van der Waals surface area contributed by atoms with E-state index in [1.807, 2.05) is 12.3 Å². The Morgan fingerprint density at radius 3 is 2.41 bits per heavy atom. The molecular weight excluding hydrogens is 394 g/mol. The molecule has 29 heavy (non-hydrogen) atoms. The highest BCUT2D eigenvalue weighted by Gasteiger charge is 2.59. The predicted molar refractivity (Wildman–Crippen MR) is 107 cm³/mol. The van der Waals surface area contributed by atoms with Gasteiger partial charge in [0.25, 0.3) is 0 Å². The van der Waals surface area contributed by atoms with Crippen molar-refractivity contribution in [3.05, 3.63) is 30.6 Å². The second-order valence-electron chi connectivity index (χ2n) is 8.32. The van der Waals surface area contributed by atoms with E-state index in [4.69, 9.17) is 0 Å². The number of hydrogen-bond donors (Lipinski definition) is 2. The third-order valence-electron chi connectivity index (χ3n) is 6.98. The van der Waals surface area contributed by atoms with Crippen molar-refractivity contribution in [2.24, 2.45) is 23.7 Å². The first kappa shape index (κ1) is 20.1. The number of hydrogen-bond acceptors (Lipinski definition) is 5. The maximum absolute atomic E-state index is 13.1. The Balaban J connectivity index is 0.00000205. The van der Waals surface area contributed by atoms with Gasteiger partial charge >= 0.3 is 0 Å². The number of carbonyl (C=O) groups is 3. The van der Waals surface area contributed by atoms with Crippen LogP contribution in [0.2, 0.25) is 0 Å². The Labute approximate surface area is 175 Å². The summed E-state index contributed by atoms with van der Waals surface area (Å²) in [6, 6.07) is 1.82. The summed E-state index contributed by atoms with van der Waals surface area (Å²) in [5, 5.41) is 10.6. The molecule has 2 aliphatic heterocycles. The smallest absolute Gasteiger partial charge is 0.248 e. The molecule has 8 nitrogen and oxygen atoms in total. The zero-order chi connectivity index (χ0) is 19.3. The van der Waals surface area contributed by atoms with Crippen molar-refractivity contribution in [2.75, 3.05) is 26.2 Å². The van der Waals surface area contributed by atoms with Gasteiger partial charge in [0.05, 0.1) is 11.8 Å². The predicted octanol–water partition coefficient (Wildman–Crippen LogP) is 0.307. The van der Waals surface area contributed by atoms with E-state index in [-0.39, 0.29) is 66.9 Å². The topological polar surface area (TPSA) is 96.3 Å². The van der Waals surface area contributed by atoms with Crippen LogP contribution in [0.25, 0.3) is 0 Å². The van der Waals surface area contributed by atoms with Gasteiger partial charge in [-0.3, -0.25) is 24.0 Å². The molecule has 3 heterocycles. The zero-order valence-corrected chi connectivity index (χ0v) is 16.9.